The van der Waals surface area contributed by atoms with Crippen LogP contribution in [0.4, 0.5) is 0 Å². The number of hydrogen-bond donors (Lipinski definition) is 0. The van der Waals surface area contributed by atoms with Crippen LogP contribution < -0.4 is 0 Å². The normalized spacial score (nSPS) is 27.7. The number of carbonyl (C=O) groups is 1. The van der Waals surface area contributed by atoms with E-state index in [2.05, 4.69) is 35.9 Å². The minimum absolute atomic E-state index is 0.276. The molecule has 3 aliphatic rings. The van der Waals surface area contributed by atoms with E-state index in [1.807, 2.05) is 4.90 Å². The molecule has 1 aromatic heterocycles. The Morgan fingerprint density at radius 2 is 1.96 bits per heavy atom. The number of likely N-dealkylation sites (N-methyl/N-ethyl adjacent to an activating group) is 1. The molecule has 0 aromatic carbocycles. The van der Waals surface area contributed by atoms with Crippen molar-refractivity contribution in [3.8, 4) is 0 Å². The van der Waals surface area contributed by atoms with Crippen LogP contribution in [0, 0.1) is 5.92 Å². The van der Waals surface area contributed by atoms with Crippen molar-refractivity contribution in [2.24, 2.45) is 5.92 Å². The van der Waals surface area contributed by atoms with Crippen molar-refractivity contribution in [3.63, 3.8) is 0 Å². The Hall–Kier alpha value is -1.33. The van der Waals surface area contributed by atoms with Gasteiger partial charge in [-0.25, -0.2) is 0 Å². The van der Waals surface area contributed by atoms with Gasteiger partial charge in [-0.15, -0.1) is 0 Å². The zero-order valence-corrected chi connectivity index (χ0v) is 14.9. The van der Waals surface area contributed by atoms with Gasteiger partial charge >= 0.3 is 0 Å². The van der Waals surface area contributed by atoms with Gasteiger partial charge in [-0.2, -0.15) is 0 Å². The SMILES string of the molecule is CC1CC1c1ccc(CN(CC(=O)N2CCN(C)CC2)C2CC2)o1. The van der Waals surface area contributed by atoms with Crippen molar-refractivity contribution in [1.29, 1.82) is 0 Å². The van der Waals surface area contributed by atoms with Gasteiger partial charge in [0.2, 0.25) is 5.91 Å². The summed E-state index contributed by atoms with van der Waals surface area (Å²) in [7, 11) is 2.12. The van der Waals surface area contributed by atoms with E-state index in [0.717, 1.165) is 50.2 Å². The van der Waals surface area contributed by atoms with E-state index in [4.69, 9.17) is 4.42 Å². The van der Waals surface area contributed by atoms with Crippen LogP contribution in [0.2, 0.25) is 0 Å². The summed E-state index contributed by atoms with van der Waals surface area (Å²) in [6, 6.07) is 4.81. The number of nitrogens with zero attached hydrogens (tertiary/aromatic N) is 3. The summed E-state index contributed by atoms with van der Waals surface area (Å²) >= 11 is 0. The Balaban J connectivity index is 1.34. The van der Waals surface area contributed by atoms with Gasteiger partial charge in [0.25, 0.3) is 0 Å². The summed E-state index contributed by atoms with van der Waals surface area (Å²) in [4.78, 5) is 19.3. The first kappa shape index (κ1) is 16.2. The molecule has 2 aliphatic carbocycles. The average molecular weight is 331 g/mol. The number of furan rings is 1. The molecule has 5 heteroatoms. The van der Waals surface area contributed by atoms with E-state index in [0.29, 0.717) is 18.5 Å². The zero-order chi connectivity index (χ0) is 16.7. The molecule has 1 saturated heterocycles. The van der Waals surface area contributed by atoms with Gasteiger partial charge in [0.05, 0.1) is 13.1 Å². The molecule has 0 bridgehead atoms. The third-order valence-corrected chi connectivity index (χ3v) is 5.77. The van der Waals surface area contributed by atoms with Crippen molar-refractivity contribution in [2.75, 3.05) is 39.8 Å². The lowest BCUT2D eigenvalue weighted by Gasteiger charge is -2.34. The molecule has 2 saturated carbocycles. The van der Waals surface area contributed by atoms with Crippen molar-refractivity contribution >= 4 is 5.91 Å². The molecule has 4 rings (SSSR count). The second-order valence-corrected chi connectivity index (χ2v) is 7.94. The number of rotatable bonds is 6. The topological polar surface area (TPSA) is 39.9 Å². The predicted octanol–water partition coefficient (Wildman–Crippen LogP) is 2.14. The highest BCUT2D eigenvalue weighted by molar-refractivity contribution is 5.78. The Bertz CT molecular complexity index is 587. The van der Waals surface area contributed by atoms with Crippen LogP contribution in [0.5, 0.6) is 0 Å². The quantitative estimate of drug-likeness (QED) is 0.801. The highest BCUT2D eigenvalue weighted by Gasteiger charge is 2.37. The van der Waals surface area contributed by atoms with Crippen LogP contribution in [0.25, 0.3) is 0 Å². The first-order valence-electron chi connectivity index (χ1n) is 9.39. The molecule has 2 atom stereocenters. The molecular weight excluding hydrogens is 302 g/mol. The lowest BCUT2D eigenvalue weighted by atomic mass is 10.3. The van der Waals surface area contributed by atoms with Crippen LogP contribution in [0.3, 0.4) is 0 Å². The lowest BCUT2D eigenvalue weighted by molar-refractivity contribution is -0.134. The number of amides is 1. The maximum Gasteiger partial charge on any atom is 0.236 e. The molecule has 132 valence electrons. The summed E-state index contributed by atoms with van der Waals surface area (Å²) in [6.45, 7) is 7.26. The molecule has 1 aromatic rings. The minimum atomic E-state index is 0.276. The molecule has 5 nitrogen and oxygen atoms in total. The zero-order valence-electron chi connectivity index (χ0n) is 14.9. The Morgan fingerprint density at radius 3 is 2.58 bits per heavy atom. The third-order valence-electron chi connectivity index (χ3n) is 5.77. The molecule has 3 fully saturated rings. The summed E-state index contributed by atoms with van der Waals surface area (Å²) in [6.07, 6.45) is 3.67. The average Bonchev–Trinajstić information content (AvgIpc) is 3.48. The molecule has 2 unspecified atom stereocenters. The van der Waals surface area contributed by atoms with Crippen LogP contribution in [-0.2, 0) is 11.3 Å². The summed E-state index contributed by atoms with van der Waals surface area (Å²) in [5.74, 6) is 3.82. The van der Waals surface area contributed by atoms with Gasteiger partial charge < -0.3 is 14.2 Å². The van der Waals surface area contributed by atoms with Gasteiger partial charge in [-0.1, -0.05) is 6.92 Å². The Morgan fingerprint density at radius 1 is 1.25 bits per heavy atom. The number of piperazine rings is 1. The highest BCUT2D eigenvalue weighted by Crippen LogP contribution is 2.47. The van der Waals surface area contributed by atoms with Gasteiger partial charge in [0.15, 0.2) is 0 Å². The minimum Gasteiger partial charge on any atom is -0.464 e. The smallest absolute Gasteiger partial charge is 0.236 e. The summed E-state index contributed by atoms with van der Waals surface area (Å²) in [5.41, 5.74) is 0. The largest absolute Gasteiger partial charge is 0.464 e. The number of hydrogen-bond acceptors (Lipinski definition) is 4. The van der Waals surface area contributed by atoms with Crippen LogP contribution in [0.1, 0.15) is 43.6 Å². The second kappa shape index (κ2) is 6.52. The Labute approximate surface area is 144 Å². The number of carbonyl (C=O) groups excluding carboxylic acids is 1. The first-order chi connectivity index (χ1) is 11.6. The molecule has 0 spiro atoms. The van der Waals surface area contributed by atoms with E-state index in [1.165, 1.54) is 19.3 Å². The van der Waals surface area contributed by atoms with Crippen LogP contribution in [-0.4, -0.2) is 66.4 Å². The molecule has 0 N–H and O–H groups in total. The fourth-order valence-electron chi connectivity index (χ4n) is 3.68. The molecule has 1 aliphatic heterocycles. The fourth-order valence-corrected chi connectivity index (χ4v) is 3.68. The van der Waals surface area contributed by atoms with E-state index in [9.17, 15) is 4.79 Å². The fraction of sp³-hybridized carbons (Fsp3) is 0.737. The lowest BCUT2D eigenvalue weighted by Crippen LogP contribution is -2.50. The van der Waals surface area contributed by atoms with Crippen molar-refractivity contribution in [2.45, 2.75) is 44.7 Å². The van der Waals surface area contributed by atoms with E-state index in [1.54, 1.807) is 0 Å². The van der Waals surface area contributed by atoms with E-state index < -0.39 is 0 Å². The molecule has 0 radical (unpaired) electrons. The summed E-state index contributed by atoms with van der Waals surface area (Å²) in [5, 5.41) is 0. The van der Waals surface area contributed by atoms with E-state index in [-0.39, 0.29) is 5.91 Å². The third kappa shape index (κ3) is 3.67. The van der Waals surface area contributed by atoms with Crippen LogP contribution in [0.15, 0.2) is 16.5 Å². The predicted molar refractivity (Wildman–Crippen MR) is 92.7 cm³/mol. The van der Waals surface area contributed by atoms with Gasteiger partial charge in [0, 0.05) is 38.1 Å². The van der Waals surface area contributed by atoms with Gasteiger partial charge in [0.1, 0.15) is 11.5 Å². The van der Waals surface area contributed by atoms with Crippen molar-refractivity contribution in [3.05, 3.63) is 23.7 Å². The molecular formula is C19H29N3O2. The van der Waals surface area contributed by atoms with Crippen molar-refractivity contribution < 1.29 is 9.21 Å². The maximum absolute atomic E-state index is 12.6. The van der Waals surface area contributed by atoms with Crippen molar-refractivity contribution in [1.82, 2.24) is 14.7 Å². The second-order valence-electron chi connectivity index (χ2n) is 7.94. The molecule has 24 heavy (non-hydrogen) atoms. The molecule has 2 heterocycles. The van der Waals surface area contributed by atoms with Crippen LogP contribution >= 0.6 is 0 Å². The summed E-state index contributed by atoms with van der Waals surface area (Å²) < 4.78 is 6.05. The molecule has 1 amide bonds. The van der Waals surface area contributed by atoms with Gasteiger partial charge in [-0.3, -0.25) is 9.69 Å². The standard InChI is InChI=1S/C19H29N3O2/c1-14-11-17(14)18-6-5-16(24-18)12-22(15-3-4-15)13-19(23)21-9-7-20(2)8-10-21/h5-6,14-15,17H,3-4,7-13H2,1-2H3. The van der Waals surface area contributed by atoms with Gasteiger partial charge in [-0.05, 0) is 44.4 Å². The van der Waals surface area contributed by atoms with E-state index >= 15 is 0 Å². The first-order valence-corrected chi connectivity index (χ1v) is 9.39. The monoisotopic (exact) mass is 331 g/mol. The highest BCUT2D eigenvalue weighted by atomic mass is 16.3. The Kier molecular flexibility index (Phi) is 4.39. The maximum atomic E-state index is 12.6.